The lowest BCUT2D eigenvalue weighted by atomic mass is 9.99. The van der Waals surface area contributed by atoms with Gasteiger partial charge in [-0.25, -0.2) is 0 Å². The Kier molecular flexibility index (Phi) is 4.07. The average Bonchev–Trinajstić information content (AvgIpc) is 2.38. The molecule has 5 heteroatoms. The summed E-state index contributed by atoms with van der Waals surface area (Å²) in [6.45, 7) is 0. The summed E-state index contributed by atoms with van der Waals surface area (Å²) >= 11 is 11.3. The fourth-order valence-corrected chi connectivity index (χ4v) is 2.14. The second-order valence-corrected chi connectivity index (χ2v) is 4.71. The highest BCUT2D eigenvalue weighted by molar-refractivity contribution is 6.30. The van der Waals surface area contributed by atoms with Gasteiger partial charge in [0.05, 0.1) is 5.56 Å². The van der Waals surface area contributed by atoms with Crippen molar-refractivity contribution in [3.8, 4) is 11.1 Å². The zero-order valence-corrected chi connectivity index (χ0v) is 11.2. The Balaban J connectivity index is 2.52. The van der Waals surface area contributed by atoms with Crippen LogP contribution in [0.2, 0.25) is 5.02 Å². The normalized spacial score (nSPS) is 11.6. The summed E-state index contributed by atoms with van der Waals surface area (Å²) in [4.78, 5) is 0. The minimum absolute atomic E-state index is 0.0758. The van der Waals surface area contributed by atoms with Crippen molar-refractivity contribution in [2.45, 2.75) is 12.1 Å². The summed E-state index contributed by atoms with van der Waals surface area (Å²) in [6, 6.07) is 10.8. The van der Waals surface area contributed by atoms with Crippen LogP contribution in [0.3, 0.4) is 0 Å². The van der Waals surface area contributed by atoms with Crippen LogP contribution in [-0.2, 0) is 12.1 Å². The lowest BCUT2D eigenvalue weighted by Gasteiger charge is -2.13. The van der Waals surface area contributed by atoms with Gasteiger partial charge in [-0.2, -0.15) is 13.2 Å². The highest BCUT2D eigenvalue weighted by Gasteiger charge is 2.33. The number of halogens is 5. The lowest BCUT2D eigenvalue weighted by Crippen LogP contribution is -2.08. The summed E-state index contributed by atoms with van der Waals surface area (Å²) in [5.41, 5.74) is 0.538. The average molecular weight is 305 g/mol. The Morgan fingerprint density at radius 1 is 0.895 bits per heavy atom. The second kappa shape index (κ2) is 5.43. The van der Waals surface area contributed by atoms with E-state index >= 15 is 0 Å². The maximum Gasteiger partial charge on any atom is 0.416 e. The highest BCUT2D eigenvalue weighted by atomic mass is 35.5. The molecule has 0 saturated heterocycles. The van der Waals surface area contributed by atoms with Crippen molar-refractivity contribution in [2.75, 3.05) is 0 Å². The maximum atomic E-state index is 12.9. The topological polar surface area (TPSA) is 0 Å². The number of rotatable bonds is 2. The molecule has 0 atom stereocenters. The summed E-state index contributed by atoms with van der Waals surface area (Å²) in [5.74, 6) is -0.171. The van der Waals surface area contributed by atoms with Gasteiger partial charge < -0.3 is 0 Å². The van der Waals surface area contributed by atoms with Gasteiger partial charge in [-0.15, -0.1) is 11.6 Å². The van der Waals surface area contributed by atoms with E-state index < -0.39 is 11.7 Å². The number of hydrogen-bond acceptors (Lipinski definition) is 0. The predicted octanol–water partition coefficient (Wildman–Crippen LogP) is 5.76. The molecule has 0 radical (unpaired) electrons. The fraction of sp³-hybridized carbons (Fsp3) is 0.143. The van der Waals surface area contributed by atoms with Crippen molar-refractivity contribution in [2.24, 2.45) is 0 Å². The van der Waals surface area contributed by atoms with Gasteiger partial charge in [0.1, 0.15) is 0 Å². The molecule has 2 aromatic rings. The molecule has 0 aliphatic heterocycles. The smallest absolute Gasteiger partial charge is 0.166 e. The van der Waals surface area contributed by atoms with Crippen LogP contribution in [0.4, 0.5) is 13.2 Å². The second-order valence-electron chi connectivity index (χ2n) is 4.01. The van der Waals surface area contributed by atoms with Crippen molar-refractivity contribution >= 4 is 23.2 Å². The van der Waals surface area contributed by atoms with Crippen LogP contribution in [-0.4, -0.2) is 0 Å². The third kappa shape index (κ3) is 3.23. The van der Waals surface area contributed by atoms with E-state index in [9.17, 15) is 13.2 Å². The van der Waals surface area contributed by atoms with Crippen molar-refractivity contribution in [1.29, 1.82) is 0 Å². The molecule has 0 bridgehead atoms. The molecule has 19 heavy (non-hydrogen) atoms. The molecule has 0 aliphatic carbocycles. The van der Waals surface area contributed by atoms with Gasteiger partial charge in [0, 0.05) is 10.9 Å². The van der Waals surface area contributed by atoms with E-state index in [4.69, 9.17) is 23.2 Å². The zero-order valence-electron chi connectivity index (χ0n) is 9.64. The highest BCUT2D eigenvalue weighted by Crippen LogP contribution is 2.35. The Morgan fingerprint density at radius 3 is 2.00 bits per heavy atom. The standard InChI is InChI=1S/C14H9Cl2F3/c15-8-11-2-1-10(7-13(11)14(17,18)19)9-3-5-12(16)6-4-9/h1-7H,8H2. The molecule has 0 amide bonds. The molecule has 0 saturated carbocycles. The molecule has 0 N–H and O–H groups in total. The SMILES string of the molecule is FC(F)(F)c1cc(-c2ccc(Cl)cc2)ccc1CCl. The van der Waals surface area contributed by atoms with Crippen molar-refractivity contribution in [1.82, 2.24) is 0 Å². The first-order valence-corrected chi connectivity index (χ1v) is 6.35. The van der Waals surface area contributed by atoms with Gasteiger partial charge in [-0.1, -0.05) is 35.9 Å². The van der Waals surface area contributed by atoms with Crippen molar-refractivity contribution in [3.63, 3.8) is 0 Å². The molecule has 2 aromatic carbocycles. The first-order chi connectivity index (χ1) is 8.91. The molecule has 2 rings (SSSR count). The van der Waals surface area contributed by atoms with Gasteiger partial charge in [0.2, 0.25) is 0 Å². The molecule has 0 spiro atoms. The third-order valence-corrected chi connectivity index (χ3v) is 3.28. The van der Waals surface area contributed by atoms with E-state index in [1.807, 2.05) is 0 Å². The first-order valence-electron chi connectivity index (χ1n) is 5.44. The van der Waals surface area contributed by atoms with E-state index in [-0.39, 0.29) is 11.4 Å². The molecule has 0 aromatic heterocycles. The lowest BCUT2D eigenvalue weighted by molar-refractivity contribution is -0.138. The summed E-state index contributed by atoms with van der Waals surface area (Å²) in [6.07, 6.45) is -4.41. The molecule has 0 aliphatic rings. The summed E-state index contributed by atoms with van der Waals surface area (Å²) in [5, 5.41) is 0.539. The Morgan fingerprint density at radius 2 is 1.47 bits per heavy atom. The molecule has 0 nitrogen and oxygen atoms in total. The van der Waals surface area contributed by atoms with Crippen LogP contribution in [0.5, 0.6) is 0 Å². The molecule has 0 fully saturated rings. The predicted molar refractivity (Wildman–Crippen MR) is 71.4 cm³/mol. The van der Waals surface area contributed by atoms with Gasteiger partial charge in [-0.05, 0) is 34.9 Å². The largest absolute Gasteiger partial charge is 0.416 e. The van der Waals surface area contributed by atoms with Crippen LogP contribution < -0.4 is 0 Å². The summed E-state index contributed by atoms with van der Waals surface area (Å²) in [7, 11) is 0. The van der Waals surface area contributed by atoms with E-state index in [0.29, 0.717) is 16.1 Å². The van der Waals surface area contributed by atoms with Crippen molar-refractivity contribution < 1.29 is 13.2 Å². The number of benzene rings is 2. The van der Waals surface area contributed by atoms with Crippen LogP contribution in [0, 0.1) is 0 Å². The molecular weight excluding hydrogens is 296 g/mol. The van der Waals surface area contributed by atoms with Gasteiger partial charge in [-0.3, -0.25) is 0 Å². The van der Waals surface area contributed by atoms with E-state index in [2.05, 4.69) is 0 Å². The van der Waals surface area contributed by atoms with Crippen molar-refractivity contribution in [3.05, 3.63) is 58.6 Å². The molecule has 0 heterocycles. The Hall–Kier alpha value is -1.19. The van der Waals surface area contributed by atoms with Gasteiger partial charge in [0.15, 0.2) is 0 Å². The Bertz CT molecular complexity index is 574. The van der Waals surface area contributed by atoms with Gasteiger partial charge >= 0.3 is 6.18 Å². The Labute approximate surface area is 118 Å². The molecule has 100 valence electrons. The summed E-state index contributed by atoms with van der Waals surface area (Å²) < 4.78 is 38.7. The maximum absolute atomic E-state index is 12.9. The van der Waals surface area contributed by atoms with Gasteiger partial charge in [0.25, 0.3) is 0 Å². The minimum atomic E-state index is -4.41. The van der Waals surface area contributed by atoms with Crippen LogP contribution in [0.15, 0.2) is 42.5 Å². The third-order valence-electron chi connectivity index (χ3n) is 2.74. The number of hydrogen-bond donors (Lipinski definition) is 0. The van der Waals surface area contributed by atoms with Crippen LogP contribution in [0.1, 0.15) is 11.1 Å². The molecular formula is C14H9Cl2F3. The van der Waals surface area contributed by atoms with E-state index in [0.717, 1.165) is 6.07 Å². The number of alkyl halides is 4. The first kappa shape index (κ1) is 14.2. The quantitative estimate of drug-likeness (QED) is 0.618. The molecule has 0 unspecified atom stereocenters. The zero-order chi connectivity index (χ0) is 14.0. The minimum Gasteiger partial charge on any atom is -0.166 e. The van der Waals surface area contributed by atoms with E-state index in [1.165, 1.54) is 6.07 Å². The van der Waals surface area contributed by atoms with Crippen LogP contribution >= 0.6 is 23.2 Å². The monoisotopic (exact) mass is 304 g/mol. The van der Waals surface area contributed by atoms with E-state index in [1.54, 1.807) is 30.3 Å². The van der Waals surface area contributed by atoms with Crippen LogP contribution in [0.25, 0.3) is 11.1 Å². The fourth-order valence-electron chi connectivity index (χ4n) is 1.78.